The van der Waals surface area contributed by atoms with Gasteiger partial charge < -0.3 is 0 Å². The molecule has 32 heavy (non-hydrogen) atoms. The molecule has 0 radical (unpaired) electrons. The van der Waals surface area contributed by atoms with E-state index in [0.29, 0.717) is 17.5 Å². The van der Waals surface area contributed by atoms with E-state index in [-0.39, 0.29) is 11.8 Å². The molecule has 0 saturated heterocycles. The summed E-state index contributed by atoms with van der Waals surface area (Å²) in [6.45, 7) is 9.49. The Labute approximate surface area is 187 Å². The Bertz CT molecular complexity index is 1290. The van der Waals surface area contributed by atoms with Crippen LogP contribution in [-0.4, -0.2) is 33.8 Å². The fourth-order valence-electron chi connectivity index (χ4n) is 4.64. The lowest BCUT2D eigenvalue weighted by Crippen LogP contribution is -2.34. The minimum atomic E-state index is -0.695. The van der Waals surface area contributed by atoms with Crippen LogP contribution in [0.4, 0.5) is 17.3 Å². The van der Waals surface area contributed by atoms with Crippen LogP contribution >= 0.6 is 0 Å². The fraction of sp³-hybridized carbons (Fsp3) is 0.320. The third-order valence-electron chi connectivity index (χ3n) is 6.68. The monoisotopic (exact) mass is 427 g/mol. The van der Waals surface area contributed by atoms with Gasteiger partial charge in [-0.2, -0.15) is 0 Å². The molecule has 4 heterocycles. The highest BCUT2D eigenvalue weighted by Gasteiger charge is 2.47. The van der Waals surface area contributed by atoms with Crippen molar-refractivity contribution in [2.24, 2.45) is 0 Å². The lowest BCUT2D eigenvalue weighted by Gasteiger charge is -2.21. The van der Waals surface area contributed by atoms with E-state index in [4.69, 9.17) is 4.98 Å². The van der Waals surface area contributed by atoms with Gasteiger partial charge in [0.05, 0.1) is 16.5 Å². The molecule has 5 rings (SSSR count). The second-order valence-electron chi connectivity index (χ2n) is 9.55. The van der Waals surface area contributed by atoms with E-state index < -0.39 is 10.8 Å². The van der Waals surface area contributed by atoms with Crippen molar-refractivity contribution in [2.75, 3.05) is 16.8 Å². The maximum atomic E-state index is 13.5. The quantitative estimate of drug-likeness (QED) is 0.616. The first-order valence-corrected chi connectivity index (χ1v) is 10.6. The van der Waals surface area contributed by atoms with Gasteiger partial charge in [0.1, 0.15) is 17.5 Å². The van der Waals surface area contributed by atoms with Crippen LogP contribution in [0.25, 0.3) is 11.1 Å². The standard InChI is InChI=1S/C25H25N5O2/c1-14-26-12-16(13-27-14)15-7-8-17-19(11-15)30(23(32)24(17,2)3)20-10-9-18-21(28-20)29(6)22(31)25(18,4)5/h7-13H,1-6H3. The molecule has 7 nitrogen and oxygen atoms in total. The number of hydrogen-bond donors (Lipinski definition) is 0. The highest BCUT2D eigenvalue weighted by molar-refractivity contribution is 6.13. The number of anilines is 3. The molecule has 2 aliphatic rings. The Balaban J connectivity index is 1.66. The zero-order chi connectivity index (χ0) is 23.0. The van der Waals surface area contributed by atoms with Crippen molar-refractivity contribution >= 4 is 29.1 Å². The summed E-state index contributed by atoms with van der Waals surface area (Å²) in [5.41, 5.74) is 3.06. The Kier molecular flexibility index (Phi) is 4.09. The van der Waals surface area contributed by atoms with Crippen LogP contribution < -0.4 is 9.80 Å². The zero-order valence-corrected chi connectivity index (χ0v) is 19.1. The van der Waals surface area contributed by atoms with Gasteiger partial charge in [0.2, 0.25) is 11.8 Å². The molecular weight excluding hydrogens is 402 g/mol. The van der Waals surface area contributed by atoms with E-state index in [0.717, 1.165) is 27.9 Å². The van der Waals surface area contributed by atoms with Crippen LogP contribution in [0, 0.1) is 6.92 Å². The Hall–Kier alpha value is -3.61. The molecule has 2 aliphatic heterocycles. The van der Waals surface area contributed by atoms with Gasteiger partial charge in [-0.15, -0.1) is 0 Å². The minimum Gasteiger partial charge on any atom is -0.299 e. The fourth-order valence-corrected chi connectivity index (χ4v) is 4.64. The molecule has 0 aliphatic carbocycles. The minimum absolute atomic E-state index is 0.00714. The summed E-state index contributed by atoms with van der Waals surface area (Å²) in [5, 5.41) is 0. The molecular formula is C25H25N5O2. The number of benzene rings is 1. The first-order chi connectivity index (χ1) is 15.0. The molecule has 0 fully saturated rings. The smallest absolute Gasteiger partial charge is 0.242 e. The van der Waals surface area contributed by atoms with Crippen LogP contribution in [0.5, 0.6) is 0 Å². The van der Waals surface area contributed by atoms with Gasteiger partial charge in [0.25, 0.3) is 0 Å². The second kappa shape index (κ2) is 6.45. The molecule has 2 amide bonds. The summed E-state index contributed by atoms with van der Waals surface area (Å²) in [6.07, 6.45) is 3.57. The Morgan fingerprint density at radius 1 is 0.812 bits per heavy atom. The number of fused-ring (bicyclic) bond motifs is 2. The lowest BCUT2D eigenvalue weighted by atomic mass is 9.85. The van der Waals surface area contributed by atoms with E-state index in [2.05, 4.69) is 9.97 Å². The SMILES string of the molecule is Cc1ncc(-c2ccc3c(c2)N(c2ccc4c(n2)N(C)C(=O)C4(C)C)C(=O)C3(C)C)cn1. The Morgan fingerprint density at radius 3 is 2.12 bits per heavy atom. The molecule has 0 N–H and O–H groups in total. The first kappa shape index (κ1) is 20.3. The van der Waals surface area contributed by atoms with E-state index in [1.165, 1.54) is 0 Å². The lowest BCUT2D eigenvalue weighted by molar-refractivity contribution is -0.122. The summed E-state index contributed by atoms with van der Waals surface area (Å²) in [7, 11) is 1.73. The van der Waals surface area contributed by atoms with Gasteiger partial charge in [0.15, 0.2) is 0 Å². The van der Waals surface area contributed by atoms with Gasteiger partial charge in [-0.1, -0.05) is 18.2 Å². The number of hydrogen-bond acceptors (Lipinski definition) is 5. The summed E-state index contributed by atoms with van der Waals surface area (Å²) in [4.78, 5) is 42.8. The van der Waals surface area contributed by atoms with Gasteiger partial charge >= 0.3 is 0 Å². The average Bonchev–Trinajstić information content (AvgIpc) is 3.07. The number of rotatable bonds is 2. The van der Waals surface area contributed by atoms with Crippen molar-refractivity contribution in [3.63, 3.8) is 0 Å². The van der Waals surface area contributed by atoms with Gasteiger partial charge in [-0.25, -0.2) is 15.0 Å². The van der Waals surface area contributed by atoms with E-state index in [1.54, 1.807) is 29.2 Å². The topological polar surface area (TPSA) is 79.3 Å². The van der Waals surface area contributed by atoms with E-state index >= 15 is 0 Å². The van der Waals surface area contributed by atoms with Gasteiger partial charge in [-0.05, 0) is 57.9 Å². The van der Waals surface area contributed by atoms with Crippen molar-refractivity contribution in [1.29, 1.82) is 0 Å². The van der Waals surface area contributed by atoms with Crippen LogP contribution in [0.15, 0.2) is 42.7 Å². The average molecular weight is 428 g/mol. The largest absolute Gasteiger partial charge is 0.299 e. The van der Waals surface area contributed by atoms with E-state index in [9.17, 15) is 9.59 Å². The number of amides is 2. The number of carbonyl (C=O) groups excluding carboxylic acids is 2. The van der Waals surface area contributed by atoms with Crippen molar-refractivity contribution in [3.05, 3.63) is 59.7 Å². The molecule has 162 valence electrons. The highest BCUT2D eigenvalue weighted by Crippen LogP contribution is 2.48. The van der Waals surface area contributed by atoms with E-state index in [1.807, 2.05) is 65.0 Å². The van der Waals surface area contributed by atoms with Crippen molar-refractivity contribution < 1.29 is 9.59 Å². The van der Waals surface area contributed by atoms with Crippen LogP contribution in [0.1, 0.15) is 44.6 Å². The second-order valence-corrected chi connectivity index (χ2v) is 9.55. The third kappa shape index (κ3) is 2.63. The summed E-state index contributed by atoms with van der Waals surface area (Å²) >= 11 is 0. The molecule has 2 aromatic heterocycles. The molecule has 0 unspecified atom stereocenters. The molecule has 0 spiro atoms. The maximum Gasteiger partial charge on any atom is 0.242 e. The van der Waals surface area contributed by atoms with Crippen LogP contribution in [-0.2, 0) is 20.4 Å². The van der Waals surface area contributed by atoms with Crippen LogP contribution in [0.2, 0.25) is 0 Å². The molecule has 0 saturated carbocycles. The predicted octanol–water partition coefficient (Wildman–Crippen LogP) is 4.06. The van der Waals surface area contributed by atoms with Crippen molar-refractivity contribution in [2.45, 2.75) is 45.4 Å². The maximum absolute atomic E-state index is 13.5. The normalized spacial score (nSPS) is 18.2. The van der Waals surface area contributed by atoms with Gasteiger partial charge in [0, 0.05) is 30.6 Å². The number of aromatic nitrogens is 3. The molecule has 1 aromatic carbocycles. The Morgan fingerprint density at radius 2 is 1.44 bits per heavy atom. The summed E-state index contributed by atoms with van der Waals surface area (Å²) < 4.78 is 0. The van der Waals surface area contributed by atoms with Gasteiger partial charge in [-0.3, -0.25) is 19.4 Å². The summed E-state index contributed by atoms with van der Waals surface area (Å²) in [6, 6.07) is 9.72. The number of likely N-dealkylation sites (N-methyl/N-ethyl adjacent to an activating group) is 1. The van der Waals surface area contributed by atoms with Crippen molar-refractivity contribution in [3.8, 4) is 11.1 Å². The zero-order valence-electron chi connectivity index (χ0n) is 19.1. The first-order valence-electron chi connectivity index (χ1n) is 10.6. The molecule has 0 bridgehead atoms. The number of nitrogens with zero attached hydrogens (tertiary/aromatic N) is 5. The number of carbonyl (C=O) groups is 2. The molecule has 0 atom stereocenters. The van der Waals surface area contributed by atoms with Crippen LogP contribution in [0.3, 0.4) is 0 Å². The number of aryl methyl sites for hydroxylation is 1. The molecule has 7 heteroatoms. The molecule has 3 aromatic rings. The summed E-state index contributed by atoms with van der Waals surface area (Å²) in [5.74, 6) is 1.75. The number of pyridine rings is 1. The third-order valence-corrected chi connectivity index (χ3v) is 6.68. The highest BCUT2D eigenvalue weighted by atomic mass is 16.2. The van der Waals surface area contributed by atoms with Crippen molar-refractivity contribution in [1.82, 2.24) is 15.0 Å². The predicted molar refractivity (Wildman–Crippen MR) is 123 cm³/mol.